The van der Waals surface area contributed by atoms with E-state index in [9.17, 15) is 14.4 Å². The van der Waals surface area contributed by atoms with Crippen LogP contribution in [0, 0.1) is 11.3 Å². The van der Waals surface area contributed by atoms with Gasteiger partial charge in [-0.25, -0.2) is 0 Å². The van der Waals surface area contributed by atoms with Crippen molar-refractivity contribution in [2.75, 3.05) is 20.2 Å². The van der Waals surface area contributed by atoms with Crippen LogP contribution >= 0.6 is 0 Å². The number of nitrogens with zero attached hydrogens (tertiary/aromatic N) is 1. The molecular weight excluding hydrogens is 386 g/mol. The molecule has 1 aromatic rings. The van der Waals surface area contributed by atoms with Crippen molar-refractivity contribution in [1.29, 1.82) is 0 Å². The van der Waals surface area contributed by atoms with Crippen LogP contribution in [0.2, 0.25) is 0 Å². The zero-order valence-corrected chi connectivity index (χ0v) is 18.7. The molecule has 8 nitrogen and oxygen atoms in total. The number of hydrogen-bond acceptors (Lipinski definition) is 5. The first kappa shape index (κ1) is 23.5. The number of ether oxygens (including phenoxy) is 2. The van der Waals surface area contributed by atoms with Gasteiger partial charge < -0.3 is 14.4 Å². The number of amides is 3. The summed E-state index contributed by atoms with van der Waals surface area (Å²) in [5, 5.41) is 0. The van der Waals surface area contributed by atoms with E-state index >= 15 is 0 Å². The van der Waals surface area contributed by atoms with Gasteiger partial charge in [0, 0.05) is 30.0 Å². The molecule has 0 unspecified atom stereocenters. The standard InChI is InChI=1S/C22H33N3O5/c1-14(2)30-17-8-7-16(13-18(17)29-6)20(27)24-23-19(26)15-9-11-25(12-10-15)21(28)22(3,4)5/h7-8,13-15H,9-12H2,1-6H3,(H,23,26)(H,24,27). The number of piperidine rings is 1. The number of methoxy groups -OCH3 is 1. The van der Waals surface area contributed by atoms with Crippen LogP contribution in [0.25, 0.3) is 0 Å². The molecule has 0 saturated carbocycles. The van der Waals surface area contributed by atoms with Gasteiger partial charge in [0.1, 0.15) is 0 Å². The van der Waals surface area contributed by atoms with E-state index in [1.54, 1.807) is 23.1 Å². The highest BCUT2D eigenvalue weighted by Gasteiger charge is 2.32. The molecule has 1 aliphatic rings. The summed E-state index contributed by atoms with van der Waals surface area (Å²) >= 11 is 0. The quantitative estimate of drug-likeness (QED) is 0.715. The minimum Gasteiger partial charge on any atom is -0.493 e. The summed E-state index contributed by atoms with van der Waals surface area (Å²) in [5.41, 5.74) is 4.86. The molecule has 0 aliphatic carbocycles. The van der Waals surface area contributed by atoms with Gasteiger partial charge in [-0.3, -0.25) is 25.2 Å². The van der Waals surface area contributed by atoms with Gasteiger partial charge in [0.15, 0.2) is 11.5 Å². The smallest absolute Gasteiger partial charge is 0.269 e. The SMILES string of the molecule is COc1cc(C(=O)NNC(=O)C2CCN(C(=O)C(C)(C)C)CC2)ccc1OC(C)C. The zero-order valence-electron chi connectivity index (χ0n) is 18.7. The lowest BCUT2D eigenvalue weighted by Crippen LogP contribution is -2.49. The van der Waals surface area contributed by atoms with Gasteiger partial charge in [0.25, 0.3) is 5.91 Å². The second kappa shape index (κ2) is 9.82. The van der Waals surface area contributed by atoms with Crippen LogP contribution in [-0.2, 0) is 9.59 Å². The fraction of sp³-hybridized carbons (Fsp3) is 0.591. The van der Waals surface area contributed by atoms with Gasteiger partial charge in [-0.1, -0.05) is 20.8 Å². The summed E-state index contributed by atoms with van der Waals surface area (Å²) in [5.74, 6) is 0.137. The van der Waals surface area contributed by atoms with Gasteiger partial charge in [-0.05, 0) is 44.9 Å². The molecule has 0 spiro atoms. The number of carbonyl (C=O) groups is 3. The van der Waals surface area contributed by atoms with E-state index in [1.807, 2.05) is 34.6 Å². The van der Waals surface area contributed by atoms with Crippen molar-refractivity contribution in [3.8, 4) is 11.5 Å². The van der Waals surface area contributed by atoms with E-state index in [0.717, 1.165) is 0 Å². The molecule has 0 atom stereocenters. The number of benzene rings is 1. The van der Waals surface area contributed by atoms with E-state index in [-0.39, 0.29) is 23.8 Å². The van der Waals surface area contributed by atoms with Crippen LogP contribution in [-0.4, -0.2) is 48.9 Å². The first-order chi connectivity index (χ1) is 14.0. The average Bonchev–Trinajstić information content (AvgIpc) is 2.70. The minimum absolute atomic E-state index is 0.0250. The molecular formula is C22H33N3O5. The van der Waals surface area contributed by atoms with E-state index < -0.39 is 11.3 Å². The fourth-order valence-corrected chi connectivity index (χ4v) is 3.27. The molecule has 8 heteroatoms. The van der Waals surface area contributed by atoms with Crippen molar-refractivity contribution in [3.05, 3.63) is 23.8 Å². The Bertz CT molecular complexity index is 777. The van der Waals surface area contributed by atoms with Crippen LogP contribution < -0.4 is 20.3 Å². The number of carbonyl (C=O) groups excluding carboxylic acids is 3. The predicted molar refractivity (Wildman–Crippen MR) is 113 cm³/mol. The summed E-state index contributed by atoms with van der Waals surface area (Å²) in [6.07, 6.45) is 1.11. The van der Waals surface area contributed by atoms with E-state index in [1.165, 1.54) is 7.11 Å². The number of hydrazine groups is 1. The van der Waals surface area contributed by atoms with Gasteiger partial charge in [0.2, 0.25) is 11.8 Å². The summed E-state index contributed by atoms with van der Waals surface area (Å²) < 4.78 is 10.9. The molecule has 1 fully saturated rings. The number of rotatable bonds is 5. The molecule has 0 radical (unpaired) electrons. The van der Waals surface area contributed by atoms with Crippen LogP contribution in [0.15, 0.2) is 18.2 Å². The van der Waals surface area contributed by atoms with Crippen molar-refractivity contribution in [1.82, 2.24) is 15.8 Å². The molecule has 1 aromatic carbocycles. The lowest BCUT2D eigenvalue weighted by Gasteiger charge is -2.35. The number of likely N-dealkylation sites (tertiary alicyclic amines) is 1. The topological polar surface area (TPSA) is 97.0 Å². The second-order valence-electron chi connectivity index (χ2n) is 8.79. The Labute approximate surface area is 178 Å². The van der Waals surface area contributed by atoms with E-state index in [4.69, 9.17) is 9.47 Å². The Morgan fingerprint density at radius 2 is 1.70 bits per heavy atom. The maximum absolute atomic E-state index is 12.4. The Morgan fingerprint density at radius 3 is 2.23 bits per heavy atom. The van der Waals surface area contributed by atoms with Crippen molar-refractivity contribution < 1.29 is 23.9 Å². The molecule has 1 heterocycles. The number of nitrogens with one attached hydrogen (secondary N) is 2. The van der Waals surface area contributed by atoms with Gasteiger partial charge in [-0.15, -0.1) is 0 Å². The largest absolute Gasteiger partial charge is 0.493 e. The van der Waals surface area contributed by atoms with Crippen LogP contribution in [0.5, 0.6) is 11.5 Å². The summed E-state index contributed by atoms with van der Waals surface area (Å²) in [7, 11) is 1.50. The molecule has 2 rings (SSSR count). The third-order valence-corrected chi connectivity index (χ3v) is 4.88. The highest BCUT2D eigenvalue weighted by Crippen LogP contribution is 2.29. The molecule has 1 saturated heterocycles. The average molecular weight is 420 g/mol. The van der Waals surface area contributed by atoms with Crippen molar-refractivity contribution in [2.24, 2.45) is 11.3 Å². The Kier molecular flexibility index (Phi) is 7.70. The lowest BCUT2D eigenvalue weighted by atomic mass is 9.91. The normalized spacial score (nSPS) is 15.0. The summed E-state index contributed by atoms with van der Waals surface area (Å²) in [6.45, 7) is 10.5. The molecule has 2 N–H and O–H groups in total. The molecule has 0 bridgehead atoms. The minimum atomic E-state index is -0.446. The summed E-state index contributed by atoms with van der Waals surface area (Å²) in [6, 6.07) is 4.84. The molecule has 166 valence electrons. The van der Waals surface area contributed by atoms with Crippen LogP contribution in [0.1, 0.15) is 57.8 Å². The number of hydrogen-bond donors (Lipinski definition) is 2. The Balaban J connectivity index is 1.88. The third-order valence-electron chi connectivity index (χ3n) is 4.88. The highest BCUT2D eigenvalue weighted by atomic mass is 16.5. The molecule has 30 heavy (non-hydrogen) atoms. The van der Waals surface area contributed by atoms with Crippen LogP contribution in [0.4, 0.5) is 0 Å². The van der Waals surface area contributed by atoms with Crippen molar-refractivity contribution in [2.45, 2.75) is 53.6 Å². The molecule has 0 aromatic heterocycles. The van der Waals surface area contributed by atoms with Gasteiger partial charge in [0.05, 0.1) is 13.2 Å². The van der Waals surface area contributed by atoms with Crippen LogP contribution in [0.3, 0.4) is 0 Å². The first-order valence-electron chi connectivity index (χ1n) is 10.3. The van der Waals surface area contributed by atoms with E-state index in [2.05, 4.69) is 10.9 Å². The summed E-state index contributed by atoms with van der Waals surface area (Å²) in [4.78, 5) is 39.0. The third kappa shape index (κ3) is 6.11. The second-order valence-corrected chi connectivity index (χ2v) is 8.79. The van der Waals surface area contributed by atoms with Gasteiger partial charge >= 0.3 is 0 Å². The molecule has 1 aliphatic heterocycles. The zero-order chi connectivity index (χ0) is 22.5. The maximum atomic E-state index is 12.4. The lowest BCUT2D eigenvalue weighted by molar-refractivity contribution is -0.142. The first-order valence-corrected chi connectivity index (χ1v) is 10.3. The van der Waals surface area contributed by atoms with Crippen molar-refractivity contribution in [3.63, 3.8) is 0 Å². The predicted octanol–water partition coefficient (Wildman–Crippen LogP) is 2.53. The highest BCUT2D eigenvalue weighted by molar-refractivity contribution is 5.96. The monoisotopic (exact) mass is 419 g/mol. The Morgan fingerprint density at radius 1 is 1.07 bits per heavy atom. The fourth-order valence-electron chi connectivity index (χ4n) is 3.27. The maximum Gasteiger partial charge on any atom is 0.269 e. The van der Waals surface area contributed by atoms with Gasteiger partial charge in [-0.2, -0.15) is 0 Å². The Hall–Kier alpha value is -2.77. The molecule has 3 amide bonds. The van der Waals surface area contributed by atoms with Crippen molar-refractivity contribution >= 4 is 17.7 Å². The van der Waals surface area contributed by atoms with E-state index in [0.29, 0.717) is 43.0 Å².